The largest absolute Gasteiger partial charge is 0.503 e. The van der Waals surface area contributed by atoms with Gasteiger partial charge in [0.2, 0.25) is 0 Å². The highest BCUT2D eigenvalue weighted by molar-refractivity contribution is 7.75. The number of hydrogen-bond acceptors (Lipinski definition) is 1. The van der Waals surface area contributed by atoms with Crippen LogP contribution in [0.1, 0.15) is 27.7 Å². The van der Waals surface area contributed by atoms with Gasteiger partial charge in [0.25, 0.3) is 0 Å². The molecule has 80 valence electrons. The summed E-state index contributed by atoms with van der Waals surface area (Å²) in [5.41, 5.74) is 0. The Morgan fingerprint density at radius 2 is 1.08 bits per heavy atom. The van der Waals surface area contributed by atoms with Crippen LogP contribution >= 0.6 is 7.26 Å². The summed E-state index contributed by atoms with van der Waals surface area (Å²) in [7, 11) is -0.420. The van der Waals surface area contributed by atoms with E-state index in [9.17, 15) is 0 Å². The van der Waals surface area contributed by atoms with Crippen LogP contribution in [0.25, 0.3) is 0 Å². The maximum absolute atomic E-state index is 8.56. The second-order valence-electron chi connectivity index (χ2n) is 2.89. The van der Waals surface area contributed by atoms with Gasteiger partial charge in [0.1, 0.15) is 0 Å². The predicted octanol–water partition coefficient (Wildman–Crippen LogP) is 3.31. The molecule has 0 rings (SSSR count). The molecule has 0 atom stereocenters. The second kappa shape index (κ2) is 8.31. The monoisotopic (exact) mass is 209 g/mol. The zero-order valence-corrected chi connectivity index (χ0v) is 9.97. The molecule has 0 radical (unpaired) electrons. The van der Waals surface area contributed by atoms with Gasteiger partial charge in [0.15, 0.2) is 0 Å². The SMILES string of the molecule is CC[P+](CC)(CC)CC.O=C(O)O. The van der Waals surface area contributed by atoms with Gasteiger partial charge in [-0.05, 0) is 27.7 Å². The van der Waals surface area contributed by atoms with Crippen LogP contribution in [0, 0.1) is 0 Å². The Hall–Kier alpha value is -0.300. The minimum absolute atomic E-state index is 0.420. The Morgan fingerprint density at radius 1 is 0.923 bits per heavy atom. The molecule has 0 aromatic carbocycles. The fourth-order valence-electron chi connectivity index (χ4n) is 1.34. The van der Waals surface area contributed by atoms with E-state index in [1.54, 1.807) is 0 Å². The van der Waals surface area contributed by atoms with Gasteiger partial charge in [-0.2, -0.15) is 0 Å². The fourth-order valence-corrected chi connectivity index (χ4v) is 4.02. The van der Waals surface area contributed by atoms with Crippen molar-refractivity contribution in [2.24, 2.45) is 0 Å². The van der Waals surface area contributed by atoms with Crippen LogP contribution < -0.4 is 0 Å². The van der Waals surface area contributed by atoms with Crippen LogP contribution in [0.4, 0.5) is 4.79 Å². The lowest BCUT2D eigenvalue weighted by Gasteiger charge is -2.20. The van der Waals surface area contributed by atoms with Crippen LogP contribution in [0.5, 0.6) is 0 Å². The Kier molecular flexibility index (Phi) is 9.70. The summed E-state index contributed by atoms with van der Waals surface area (Å²) in [6, 6.07) is 0. The molecule has 2 N–H and O–H groups in total. The average molecular weight is 209 g/mol. The molecule has 0 aliphatic rings. The molecule has 0 aromatic rings. The molecule has 0 aliphatic heterocycles. The first-order valence-corrected chi connectivity index (χ1v) is 7.27. The molecule has 0 fully saturated rings. The van der Waals surface area contributed by atoms with E-state index in [1.807, 2.05) is 0 Å². The van der Waals surface area contributed by atoms with Crippen molar-refractivity contribution in [3.05, 3.63) is 0 Å². The Balaban J connectivity index is 0. The number of carboxylic acid groups (broad SMARTS) is 2. The van der Waals surface area contributed by atoms with Crippen molar-refractivity contribution < 1.29 is 15.0 Å². The highest BCUT2D eigenvalue weighted by Gasteiger charge is 2.27. The summed E-state index contributed by atoms with van der Waals surface area (Å²) < 4.78 is 0. The van der Waals surface area contributed by atoms with Gasteiger partial charge in [0.05, 0.1) is 24.6 Å². The van der Waals surface area contributed by atoms with Crippen LogP contribution in [-0.2, 0) is 0 Å². The van der Waals surface area contributed by atoms with Crippen molar-refractivity contribution in [3.8, 4) is 0 Å². The minimum atomic E-state index is -1.83. The third kappa shape index (κ3) is 8.04. The van der Waals surface area contributed by atoms with Gasteiger partial charge in [-0.25, -0.2) is 4.79 Å². The molecule has 0 saturated heterocycles. The first kappa shape index (κ1) is 15.2. The van der Waals surface area contributed by atoms with E-state index in [-0.39, 0.29) is 0 Å². The van der Waals surface area contributed by atoms with Gasteiger partial charge >= 0.3 is 6.16 Å². The van der Waals surface area contributed by atoms with Gasteiger partial charge < -0.3 is 10.2 Å². The standard InChI is InChI=1S/C8H20P.CH2O3/c1-5-9(6-2,7-3)8-4;2-1(3)4/h5-8H2,1-4H3;(H2,2,3,4)/q+1;. The van der Waals surface area contributed by atoms with E-state index in [0.29, 0.717) is 0 Å². The van der Waals surface area contributed by atoms with E-state index in [4.69, 9.17) is 15.0 Å². The number of carbonyl (C=O) groups is 1. The fraction of sp³-hybridized carbons (Fsp3) is 0.889. The first-order chi connectivity index (χ1) is 5.97. The maximum atomic E-state index is 8.56. The molecule has 0 aliphatic carbocycles. The number of rotatable bonds is 4. The third-order valence-corrected chi connectivity index (χ3v) is 8.05. The minimum Gasteiger partial charge on any atom is -0.450 e. The molecule has 0 spiro atoms. The highest BCUT2D eigenvalue weighted by Crippen LogP contribution is 2.57. The quantitative estimate of drug-likeness (QED) is 0.698. The molecule has 0 amide bonds. The zero-order chi connectivity index (χ0) is 10.9. The van der Waals surface area contributed by atoms with Crippen molar-refractivity contribution in [3.63, 3.8) is 0 Å². The summed E-state index contributed by atoms with van der Waals surface area (Å²) in [6.07, 6.45) is 3.99. The zero-order valence-electron chi connectivity index (χ0n) is 9.08. The summed E-state index contributed by atoms with van der Waals surface area (Å²) in [6.45, 7) is 9.41. The van der Waals surface area contributed by atoms with E-state index in [1.165, 1.54) is 24.6 Å². The van der Waals surface area contributed by atoms with E-state index >= 15 is 0 Å². The number of hydrogen-bond donors (Lipinski definition) is 2. The molecular weight excluding hydrogens is 187 g/mol. The van der Waals surface area contributed by atoms with Gasteiger partial charge in [-0.15, -0.1) is 0 Å². The maximum Gasteiger partial charge on any atom is 0.503 e. The van der Waals surface area contributed by atoms with E-state index < -0.39 is 13.4 Å². The van der Waals surface area contributed by atoms with Crippen molar-refractivity contribution in [1.29, 1.82) is 0 Å². The van der Waals surface area contributed by atoms with Crippen molar-refractivity contribution >= 4 is 13.4 Å². The van der Waals surface area contributed by atoms with E-state index in [2.05, 4.69) is 27.7 Å². The Bertz CT molecular complexity index is 111. The van der Waals surface area contributed by atoms with Crippen molar-refractivity contribution in [2.75, 3.05) is 24.6 Å². The Morgan fingerprint density at radius 3 is 1.08 bits per heavy atom. The van der Waals surface area contributed by atoms with Crippen LogP contribution in [0.3, 0.4) is 0 Å². The molecule has 0 bridgehead atoms. The summed E-state index contributed by atoms with van der Waals surface area (Å²) in [5.74, 6) is 0. The van der Waals surface area contributed by atoms with Gasteiger partial charge in [-0.3, -0.25) is 0 Å². The molecule has 3 nitrogen and oxygen atoms in total. The molecule has 13 heavy (non-hydrogen) atoms. The molecule has 4 heteroatoms. The lowest BCUT2D eigenvalue weighted by molar-refractivity contribution is 0.137. The normalized spacial score (nSPS) is 10.2. The highest BCUT2D eigenvalue weighted by atomic mass is 31.2. The predicted molar refractivity (Wildman–Crippen MR) is 59.7 cm³/mol. The molecule has 0 heterocycles. The second-order valence-corrected chi connectivity index (χ2v) is 8.10. The Labute approximate surface area is 81.5 Å². The summed E-state index contributed by atoms with van der Waals surface area (Å²) >= 11 is 0. The van der Waals surface area contributed by atoms with Gasteiger partial charge in [0, 0.05) is 7.26 Å². The molecular formula is C9H22O3P+. The third-order valence-electron chi connectivity index (χ3n) is 2.68. The molecule has 0 unspecified atom stereocenters. The summed E-state index contributed by atoms with van der Waals surface area (Å²) in [5, 5.41) is 13.9. The lowest BCUT2D eigenvalue weighted by atomic mass is 10.9. The topological polar surface area (TPSA) is 57.5 Å². The molecule has 0 aromatic heterocycles. The molecule has 0 saturated carbocycles. The van der Waals surface area contributed by atoms with Gasteiger partial charge in [-0.1, -0.05) is 0 Å². The first-order valence-electron chi connectivity index (χ1n) is 4.74. The van der Waals surface area contributed by atoms with Crippen molar-refractivity contribution in [2.45, 2.75) is 27.7 Å². The van der Waals surface area contributed by atoms with Crippen LogP contribution in [0.2, 0.25) is 0 Å². The average Bonchev–Trinajstić information content (AvgIpc) is 2.09. The van der Waals surface area contributed by atoms with E-state index in [0.717, 1.165) is 0 Å². The van der Waals surface area contributed by atoms with Crippen LogP contribution in [-0.4, -0.2) is 41.0 Å². The van der Waals surface area contributed by atoms with Crippen molar-refractivity contribution in [1.82, 2.24) is 0 Å². The van der Waals surface area contributed by atoms with Crippen LogP contribution in [0.15, 0.2) is 0 Å². The lowest BCUT2D eigenvalue weighted by Crippen LogP contribution is -2.04. The summed E-state index contributed by atoms with van der Waals surface area (Å²) in [4.78, 5) is 8.56. The smallest absolute Gasteiger partial charge is 0.450 e.